The number of aliphatic hydroxyl groups excluding tert-OH is 1. The maximum atomic E-state index is 9.16. The van der Waals surface area contributed by atoms with Gasteiger partial charge in [-0.2, -0.15) is 4.80 Å². The maximum absolute atomic E-state index is 9.16. The summed E-state index contributed by atoms with van der Waals surface area (Å²) in [6.07, 6.45) is 0.246. The molecular weight excluding hydrogens is 240 g/mol. The number of hydrogen-bond acceptors (Lipinski definition) is 4. The number of benzene rings is 1. The first-order chi connectivity index (χ1) is 8.15. The van der Waals surface area contributed by atoms with Crippen molar-refractivity contribution in [3.05, 3.63) is 29.3 Å². The summed E-state index contributed by atoms with van der Waals surface area (Å²) in [6.45, 7) is 2.29. The van der Waals surface area contributed by atoms with Gasteiger partial charge in [-0.05, 0) is 42.8 Å². The molecular formula is C11H13ClN4O. The van der Waals surface area contributed by atoms with Crippen LogP contribution >= 0.6 is 11.6 Å². The summed E-state index contributed by atoms with van der Waals surface area (Å²) in [7, 11) is 0. The van der Waals surface area contributed by atoms with Crippen molar-refractivity contribution < 1.29 is 5.11 Å². The summed E-state index contributed by atoms with van der Waals surface area (Å²) in [5, 5.41) is 21.9. The van der Waals surface area contributed by atoms with E-state index in [1.165, 1.54) is 4.80 Å². The molecule has 1 N–H and O–H groups in total. The Morgan fingerprint density at radius 3 is 2.71 bits per heavy atom. The molecule has 1 aromatic carbocycles. The minimum absolute atomic E-state index is 0.361. The van der Waals surface area contributed by atoms with Crippen LogP contribution in [0.2, 0.25) is 5.02 Å². The van der Waals surface area contributed by atoms with Gasteiger partial charge in [0, 0.05) is 10.6 Å². The third-order valence-electron chi connectivity index (χ3n) is 2.30. The van der Waals surface area contributed by atoms with Gasteiger partial charge in [-0.15, -0.1) is 10.2 Å². The molecule has 0 amide bonds. The second kappa shape index (κ2) is 5.25. The van der Waals surface area contributed by atoms with E-state index in [2.05, 4.69) is 15.4 Å². The lowest BCUT2D eigenvalue weighted by Crippen LogP contribution is -2.09. The van der Waals surface area contributed by atoms with Crippen LogP contribution in [0.1, 0.15) is 13.3 Å². The number of aromatic nitrogens is 4. The molecule has 17 heavy (non-hydrogen) atoms. The first-order valence-corrected chi connectivity index (χ1v) is 5.75. The molecule has 0 aliphatic carbocycles. The zero-order chi connectivity index (χ0) is 12.3. The van der Waals surface area contributed by atoms with Crippen molar-refractivity contribution >= 4 is 11.6 Å². The predicted molar refractivity (Wildman–Crippen MR) is 64.6 cm³/mol. The number of nitrogens with zero attached hydrogens (tertiary/aromatic N) is 4. The van der Waals surface area contributed by atoms with E-state index >= 15 is 0 Å². The van der Waals surface area contributed by atoms with Crippen LogP contribution in [0.4, 0.5) is 0 Å². The summed E-state index contributed by atoms with van der Waals surface area (Å²) in [5.41, 5.74) is 0.873. The highest BCUT2D eigenvalue weighted by Gasteiger charge is 2.06. The lowest BCUT2D eigenvalue weighted by Gasteiger charge is -2.01. The fourth-order valence-electron chi connectivity index (χ4n) is 1.35. The first kappa shape index (κ1) is 12.0. The maximum Gasteiger partial charge on any atom is 0.204 e. The summed E-state index contributed by atoms with van der Waals surface area (Å²) < 4.78 is 0. The molecule has 90 valence electrons. The second-order valence-corrected chi connectivity index (χ2v) is 4.29. The van der Waals surface area contributed by atoms with Crippen LogP contribution in [0.25, 0.3) is 11.4 Å². The monoisotopic (exact) mass is 252 g/mol. The van der Waals surface area contributed by atoms with E-state index in [1.54, 1.807) is 19.1 Å². The molecule has 1 aromatic heterocycles. The topological polar surface area (TPSA) is 63.8 Å². The van der Waals surface area contributed by atoms with Crippen molar-refractivity contribution in [1.29, 1.82) is 0 Å². The van der Waals surface area contributed by atoms with E-state index in [1.807, 2.05) is 12.1 Å². The van der Waals surface area contributed by atoms with Crippen LogP contribution < -0.4 is 0 Å². The summed E-state index contributed by atoms with van der Waals surface area (Å²) in [5.74, 6) is 0.562. The largest absolute Gasteiger partial charge is 0.393 e. The first-order valence-electron chi connectivity index (χ1n) is 5.37. The van der Waals surface area contributed by atoms with Gasteiger partial charge in [0.15, 0.2) is 0 Å². The lowest BCUT2D eigenvalue weighted by molar-refractivity contribution is 0.173. The molecule has 0 saturated carbocycles. The van der Waals surface area contributed by atoms with E-state index in [0.717, 1.165) is 5.56 Å². The molecule has 6 heteroatoms. The minimum atomic E-state index is -0.361. The van der Waals surface area contributed by atoms with E-state index in [4.69, 9.17) is 16.7 Å². The Morgan fingerprint density at radius 1 is 1.35 bits per heavy atom. The van der Waals surface area contributed by atoms with Crippen molar-refractivity contribution in [2.24, 2.45) is 0 Å². The Bertz CT molecular complexity index is 480. The Labute approximate surface area is 104 Å². The summed E-state index contributed by atoms with van der Waals surface area (Å²) in [4.78, 5) is 1.48. The second-order valence-electron chi connectivity index (χ2n) is 3.85. The Morgan fingerprint density at radius 2 is 2.06 bits per heavy atom. The fourth-order valence-corrected chi connectivity index (χ4v) is 1.48. The van der Waals surface area contributed by atoms with Gasteiger partial charge >= 0.3 is 0 Å². The lowest BCUT2D eigenvalue weighted by atomic mass is 10.2. The van der Waals surface area contributed by atoms with Gasteiger partial charge in [0.25, 0.3) is 0 Å². The van der Waals surface area contributed by atoms with Crippen LogP contribution in [-0.4, -0.2) is 31.4 Å². The van der Waals surface area contributed by atoms with E-state index in [-0.39, 0.29) is 6.10 Å². The number of rotatable bonds is 4. The van der Waals surface area contributed by atoms with E-state index in [0.29, 0.717) is 23.8 Å². The highest BCUT2D eigenvalue weighted by molar-refractivity contribution is 6.30. The molecule has 0 spiro atoms. The highest BCUT2D eigenvalue weighted by Crippen LogP contribution is 2.16. The smallest absolute Gasteiger partial charge is 0.204 e. The average Bonchev–Trinajstić information content (AvgIpc) is 2.76. The molecule has 0 saturated heterocycles. The van der Waals surface area contributed by atoms with Gasteiger partial charge in [0.05, 0.1) is 12.6 Å². The Kier molecular flexibility index (Phi) is 3.71. The van der Waals surface area contributed by atoms with Crippen LogP contribution in [0, 0.1) is 0 Å². The average molecular weight is 253 g/mol. The predicted octanol–water partition coefficient (Wildman–Crippen LogP) is 1.76. The molecule has 0 bridgehead atoms. The third kappa shape index (κ3) is 3.25. The van der Waals surface area contributed by atoms with Crippen molar-refractivity contribution in [2.75, 3.05) is 0 Å². The minimum Gasteiger partial charge on any atom is -0.393 e. The number of tetrazole rings is 1. The molecule has 2 rings (SSSR count). The molecule has 2 aromatic rings. The molecule has 5 nitrogen and oxygen atoms in total. The van der Waals surface area contributed by atoms with Gasteiger partial charge in [-0.1, -0.05) is 11.6 Å². The van der Waals surface area contributed by atoms with Gasteiger partial charge in [-0.3, -0.25) is 0 Å². The van der Waals surface area contributed by atoms with E-state index < -0.39 is 0 Å². The van der Waals surface area contributed by atoms with Crippen molar-refractivity contribution in [2.45, 2.75) is 26.0 Å². The van der Waals surface area contributed by atoms with Crippen LogP contribution in [0.3, 0.4) is 0 Å². The standard InChI is InChI=1S/C11H13ClN4O/c1-8(17)6-7-16-14-11(13-15-16)9-2-4-10(12)5-3-9/h2-5,8,17H,6-7H2,1H3/t8-/m1/s1. The quantitative estimate of drug-likeness (QED) is 0.901. The zero-order valence-electron chi connectivity index (χ0n) is 9.41. The van der Waals surface area contributed by atoms with Crippen molar-refractivity contribution in [3.63, 3.8) is 0 Å². The van der Waals surface area contributed by atoms with Crippen molar-refractivity contribution in [3.8, 4) is 11.4 Å². The molecule has 0 radical (unpaired) electrons. The van der Waals surface area contributed by atoms with Gasteiger partial charge in [-0.25, -0.2) is 0 Å². The van der Waals surface area contributed by atoms with E-state index in [9.17, 15) is 0 Å². The van der Waals surface area contributed by atoms with Crippen molar-refractivity contribution in [1.82, 2.24) is 20.2 Å². The SMILES string of the molecule is C[C@@H](O)CCn1nnc(-c2ccc(Cl)cc2)n1. The van der Waals surface area contributed by atoms with Gasteiger partial charge in [0.1, 0.15) is 0 Å². The van der Waals surface area contributed by atoms with Crippen LogP contribution in [-0.2, 0) is 6.54 Å². The Hall–Kier alpha value is -1.46. The summed E-state index contributed by atoms with van der Waals surface area (Å²) >= 11 is 5.80. The van der Waals surface area contributed by atoms with Gasteiger partial charge in [0.2, 0.25) is 5.82 Å². The van der Waals surface area contributed by atoms with Crippen LogP contribution in [0.5, 0.6) is 0 Å². The molecule has 0 aliphatic heterocycles. The number of hydrogen-bond donors (Lipinski definition) is 1. The van der Waals surface area contributed by atoms with Crippen LogP contribution in [0.15, 0.2) is 24.3 Å². The zero-order valence-corrected chi connectivity index (χ0v) is 10.2. The third-order valence-corrected chi connectivity index (χ3v) is 2.55. The molecule has 0 fully saturated rings. The highest BCUT2D eigenvalue weighted by atomic mass is 35.5. The molecule has 1 atom stereocenters. The molecule has 0 unspecified atom stereocenters. The molecule has 0 aliphatic rings. The van der Waals surface area contributed by atoms with Gasteiger partial charge < -0.3 is 5.11 Å². The number of halogens is 1. The number of aryl methyl sites for hydroxylation is 1. The normalized spacial score (nSPS) is 12.6. The summed E-state index contributed by atoms with van der Waals surface area (Å²) in [6, 6.07) is 7.26. The Balaban J connectivity index is 2.10. The fraction of sp³-hybridized carbons (Fsp3) is 0.364. The molecule has 1 heterocycles. The number of aliphatic hydroxyl groups is 1.